The fourth-order valence-electron chi connectivity index (χ4n) is 0.823. The number of hydrogen-bond acceptors (Lipinski definition) is 2. The second-order valence-corrected chi connectivity index (χ2v) is 5.50. The fourth-order valence-corrected chi connectivity index (χ4v) is 0.823. The van der Waals surface area contributed by atoms with Gasteiger partial charge in [-0.15, -0.1) is 0 Å². The first-order chi connectivity index (χ1) is 11.9. The number of nitrogens with one attached hydrogen (secondary N) is 2. The molecule has 2 aromatic rings. The van der Waals surface area contributed by atoms with Gasteiger partial charge in [0.25, 0.3) is 0 Å². The molecule has 2 N–H and O–H groups in total. The minimum atomic E-state index is -10.7. The van der Waals surface area contributed by atoms with Gasteiger partial charge >= 0.3 is 55.6 Å². The minimum Gasteiger partial charge on any atom is -0.286 e. The van der Waals surface area contributed by atoms with Crippen molar-refractivity contribution >= 4 is 7.81 Å². The number of halogens is 6. The van der Waals surface area contributed by atoms with Crippen molar-refractivity contribution in [3.63, 3.8) is 0 Å². The van der Waals surface area contributed by atoms with Crippen LogP contribution in [0, 0.1) is 13.3 Å². The Bertz CT molecular complexity index is 538. The molecule has 0 radical (unpaired) electrons. The second kappa shape index (κ2) is 16.3. The summed E-state index contributed by atoms with van der Waals surface area (Å²) in [4.78, 5) is 0. The van der Waals surface area contributed by atoms with Crippen LogP contribution in [-0.2, 0) is 30.4 Å². The van der Waals surface area contributed by atoms with Gasteiger partial charge in [-0.1, -0.05) is 24.3 Å². The maximum atomic E-state index is 9.87. The summed E-state index contributed by atoms with van der Waals surface area (Å²) in [6.07, 6.45) is 16.4. The molecule has 1 aliphatic rings. The van der Waals surface area contributed by atoms with Crippen molar-refractivity contribution in [2.45, 2.75) is 6.42 Å². The van der Waals surface area contributed by atoms with E-state index in [0.29, 0.717) is 0 Å². The molecular weight excluding hydrogens is 485 g/mol. The molecule has 0 aliphatic heterocycles. The molecule has 27 heavy (non-hydrogen) atoms. The maximum absolute atomic E-state index is 10.7. The van der Waals surface area contributed by atoms with E-state index in [1.807, 2.05) is 12.1 Å². The average molecular weight is 499 g/mol. The molecule has 6 nitrogen and oxygen atoms in total. The molecule has 1 aliphatic carbocycles. The van der Waals surface area contributed by atoms with Crippen LogP contribution >= 0.6 is 7.81 Å². The van der Waals surface area contributed by atoms with Crippen molar-refractivity contribution in [2.75, 3.05) is 0 Å². The summed E-state index contributed by atoms with van der Waals surface area (Å²) in [7, 11) is -10.7. The monoisotopic (exact) mass is 501 g/mol. The van der Waals surface area contributed by atoms with E-state index in [-0.39, 0.29) is 21.1 Å². The van der Waals surface area contributed by atoms with Gasteiger partial charge in [0, 0.05) is 45.9 Å². The van der Waals surface area contributed by atoms with Crippen LogP contribution in [0.1, 0.15) is 6.42 Å². The van der Waals surface area contributed by atoms with Gasteiger partial charge in [-0.25, -0.2) is 0 Å². The molecule has 14 heteroatoms. The number of rotatable bonds is 0. The molecule has 0 aromatic carbocycles. The average Bonchev–Trinajstić information content (AvgIpc) is 3.36. The smallest absolute Gasteiger partial charge is 0.0487 e. The van der Waals surface area contributed by atoms with E-state index in [0.717, 1.165) is 6.42 Å². The van der Waals surface area contributed by atoms with Gasteiger partial charge < -0.3 is 0 Å². The Labute approximate surface area is 165 Å². The summed E-state index contributed by atoms with van der Waals surface area (Å²) >= 11 is 0. The van der Waals surface area contributed by atoms with Gasteiger partial charge in [-0.3, -0.25) is 10.2 Å². The molecule has 0 saturated carbocycles. The van der Waals surface area contributed by atoms with Crippen LogP contribution in [0.15, 0.2) is 61.2 Å². The third kappa shape index (κ3) is 68.6. The quantitative estimate of drug-likeness (QED) is 0.162. The van der Waals surface area contributed by atoms with Crippen molar-refractivity contribution in [3.8, 4) is 0 Å². The summed E-state index contributed by atoms with van der Waals surface area (Å²) in [5.74, 6) is 0. The largest absolute Gasteiger partial charge is 0.286 e. The molecule has 2 heterocycles. The molecule has 0 atom stereocenters. The van der Waals surface area contributed by atoms with Crippen LogP contribution < -0.4 is 0 Å². The topological polar surface area (TPSA) is 97.2 Å². The van der Waals surface area contributed by atoms with E-state index in [1.54, 1.807) is 24.8 Å². The van der Waals surface area contributed by atoms with Crippen molar-refractivity contribution < 1.29 is 55.6 Å². The van der Waals surface area contributed by atoms with Crippen molar-refractivity contribution in [3.05, 3.63) is 74.5 Å². The van der Waals surface area contributed by atoms with Crippen LogP contribution in [0.3, 0.4) is 0 Å². The van der Waals surface area contributed by atoms with Crippen molar-refractivity contribution in [1.29, 1.82) is 0 Å². The zero-order chi connectivity index (χ0) is 21.0. The van der Waals surface area contributed by atoms with E-state index < -0.39 is 7.81 Å². The SMILES string of the molecule is C1=CCC=C1.F[P-](F)(F)(F)(F)F.[C-]#[O+].[C-]#[O+].[Mo].c1cn[nH]c1.c1cn[nH]c1. The van der Waals surface area contributed by atoms with Gasteiger partial charge in [0.15, 0.2) is 0 Å². The van der Waals surface area contributed by atoms with Crippen molar-refractivity contribution in [1.82, 2.24) is 20.4 Å². The summed E-state index contributed by atoms with van der Waals surface area (Å²) in [5.41, 5.74) is 0. The van der Waals surface area contributed by atoms with E-state index in [4.69, 9.17) is 9.30 Å². The molecule has 3 rings (SSSR count). The van der Waals surface area contributed by atoms with Crippen LogP contribution in [0.5, 0.6) is 0 Å². The maximum Gasteiger partial charge on any atom is 0.0487 e. The summed E-state index contributed by atoms with van der Waals surface area (Å²) in [6, 6.07) is 3.67. The van der Waals surface area contributed by atoms with Gasteiger partial charge in [-0.2, -0.15) is 10.2 Å². The van der Waals surface area contributed by atoms with Gasteiger partial charge in [0.05, 0.1) is 0 Å². The summed E-state index contributed by atoms with van der Waals surface area (Å²) in [5, 5.41) is 12.4. The molecule has 0 saturated heterocycles. The number of allylic oxidation sites excluding steroid dienone is 4. The predicted octanol–water partition coefficient (Wildman–Crippen LogP) is 5.63. The van der Waals surface area contributed by atoms with Crippen molar-refractivity contribution in [2.24, 2.45) is 0 Å². The van der Waals surface area contributed by atoms with Crippen LogP contribution in [0.4, 0.5) is 25.2 Å². The Morgan fingerprint density at radius 1 is 0.741 bits per heavy atom. The third-order valence-electron chi connectivity index (χ3n) is 1.47. The minimum absolute atomic E-state index is 0. The van der Waals surface area contributed by atoms with E-state index >= 15 is 0 Å². The Morgan fingerprint density at radius 3 is 1.11 bits per heavy atom. The van der Waals surface area contributed by atoms with Gasteiger partial charge in [0.1, 0.15) is 0 Å². The van der Waals surface area contributed by atoms with E-state index in [2.05, 4.69) is 58.0 Å². The molecule has 0 unspecified atom stereocenters. The van der Waals surface area contributed by atoms with Crippen LogP contribution in [0.2, 0.25) is 0 Å². The molecule has 0 bridgehead atoms. The van der Waals surface area contributed by atoms with Crippen LogP contribution in [0.25, 0.3) is 0 Å². The summed E-state index contributed by atoms with van der Waals surface area (Å²) < 4.78 is 74.2. The number of H-pyrrole nitrogens is 2. The summed E-state index contributed by atoms with van der Waals surface area (Å²) in [6.45, 7) is 9.00. The van der Waals surface area contributed by atoms with E-state index in [9.17, 15) is 25.2 Å². The first kappa shape index (κ1) is 32.7. The number of hydrogen-bond donors (Lipinski definition) is 2. The Morgan fingerprint density at radius 2 is 1.04 bits per heavy atom. The van der Waals surface area contributed by atoms with Crippen LogP contribution in [-0.4, -0.2) is 20.4 Å². The number of aromatic nitrogens is 4. The second-order valence-electron chi connectivity index (χ2n) is 3.58. The Kier molecular flexibility index (Phi) is 19.7. The van der Waals surface area contributed by atoms with Gasteiger partial charge in [-0.05, 0) is 18.6 Å². The standard InChI is InChI=1S/C5H6.2C3H4N2.2CO.F6P.Mo/c3*1-2-4-5-3-1;2*1-2;1-7(2,3,4,5)6;/h1-4H,5H2;2*1-3H,(H,4,5);;;;/q;;;;;-1;. The zero-order valence-electron chi connectivity index (χ0n) is 13.3. The molecule has 0 fully saturated rings. The molecule has 0 amide bonds. The molecular formula is C13H14F6MoN4O2P-. The zero-order valence-corrected chi connectivity index (χ0v) is 16.2. The predicted molar refractivity (Wildman–Crippen MR) is 81.5 cm³/mol. The fraction of sp³-hybridized carbons (Fsp3) is 0.0769. The Balaban J connectivity index is -0.000000122. The molecule has 2 aromatic heterocycles. The molecule has 0 spiro atoms. The Hall–Kier alpha value is -1.92. The first-order valence-electron chi connectivity index (χ1n) is 6.11. The number of aromatic amines is 2. The van der Waals surface area contributed by atoms with E-state index in [1.165, 1.54) is 0 Å². The van der Waals surface area contributed by atoms with Gasteiger partial charge in [0.2, 0.25) is 0 Å². The normalized spacial score (nSPS) is 12.4. The first-order valence-corrected chi connectivity index (χ1v) is 8.14. The molecule has 152 valence electrons. The third-order valence-corrected chi connectivity index (χ3v) is 1.47. The number of nitrogens with zero attached hydrogens (tertiary/aromatic N) is 2.